The van der Waals surface area contributed by atoms with Crippen LogP contribution in [0.3, 0.4) is 0 Å². The molecule has 2 aromatic rings. The number of allylic oxidation sites excluding steroid dienone is 2. The number of aromatic amines is 1. The quantitative estimate of drug-likeness (QED) is 0.670. The van der Waals surface area contributed by atoms with Gasteiger partial charge in [0.1, 0.15) is 5.70 Å². The third-order valence-corrected chi connectivity index (χ3v) is 4.66. The van der Waals surface area contributed by atoms with E-state index >= 15 is 0 Å². The van der Waals surface area contributed by atoms with Gasteiger partial charge in [-0.3, -0.25) is 4.79 Å². The zero-order valence-electron chi connectivity index (χ0n) is 16.1. The maximum absolute atomic E-state index is 12.0. The summed E-state index contributed by atoms with van der Waals surface area (Å²) >= 11 is 0. The maximum Gasteiger partial charge on any atom is 0.224 e. The molecule has 5 N–H and O–H groups in total. The Balaban J connectivity index is 1.88. The molecule has 7 heteroatoms. The predicted molar refractivity (Wildman–Crippen MR) is 113 cm³/mol. The van der Waals surface area contributed by atoms with Crippen molar-refractivity contribution >= 4 is 28.3 Å². The third kappa shape index (κ3) is 4.20. The zero-order chi connectivity index (χ0) is 20.1. The van der Waals surface area contributed by atoms with Crippen LogP contribution in [0.5, 0.6) is 0 Å². The topological polar surface area (TPSA) is 113 Å². The summed E-state index contributed by atoms with van der Waals surface area (Å²) in [7, 11) is 0. The molecule has 1 aromatic carbocycles. The van der Waals surface area contributed by atoms with Gasteiger partial charge in [-0.15, -0.1) is 0 Å². The molecule has 1 aliphatic rings. The number of fused-ring (bicyclic) bond motifs is 1. The molecular formula is C21H26N6O. The average molecular weight is 378 g/mol. The number of aromatic nitrogens is 2. The van der Waals surface area contributed by atoms with Gasteiger partial charge in [0, 0.05) is 31.8 Å². The van der Waals surface area contributed by atoms with Gasteiger partial charge in [0.25, 0.3) is 0 Å². The van der Waals surface area contributed by atoms with E-state index < -0.39 is 0 Å². The highest BCUT2D eigenvalue weighted by Crippen LogP contribution is 2.22. The van der Waals surface area contributed by atoms with Crippen LogP contribution >= 0.6 is 0 Å². The highest BCUT2D eigenvalue weighted by molar-refractivity contribution is 6.10. The highest BCUT2D eigenvalue weighted by atomic mass is 16.2. The van der Waals surface area contributed by atoms with Crippen molar-refractivity contribution in [3.05, 3.63) is 60.1 Å². The molecule has 2 heterocycles. The summed E-state index contributed by atoms with van der Waals surface area (Å²) in [6, 6.07) is 7.79. The number of carbonyl (C=O) groups is 1. The number of nitrogens with one attached hydrogen (secondary N) is 1. The van der Waals surface area contributed by atoms with Crippen molar-refractivity contribution in [3.63, 3.8) is 0 Å². The summed E-state index contributed by atoms with van der Waals surface area (Å²) in [6.45, 7) is 7.26. The first-order chi connectivity index (χ1) is 13.5. The Kier molecular flexibility index (Phi) is 6.06. The number of carbonyl (C=O) groups excluding carboxylic acids is 1. The van der Waals surface area contributed by atoms with Gasteiger partial charge in [-0.25, -0.2) is 9.98 Å². The molecule has 0 atom stereocenters. The lowest BCUT2D eigenvalue weighted by molar-refractivity contribution is -0.130. The van der Waals surface area contributed by atoms with Crippen LogP contribution in [0.25, 0.3) is 16.7 Å². The molecule has 7 nitrogen and oxygen atoms in total. The van der Waals surface area contributed by atoms with Crippen molar-refractivity contribution < 1.29 is 4.79 Å². The van der Waals surface area contributed by atoms with Gasteiger partial charge in [-0.1, -0.05) is 24.8 Å². The fraction of sp³-hybridized carbons (Fsp3) is 0.286. The first kappa shape index (κ1) is 19.6. The standard InChI is InChI=1S/C21H26N6O/c1-3-16(15-9-12-27(13-10-15)19(28)8-11-22)24-20(14(2)23)21-25-17-6-4-5-7-18(17)26-21/h3-7,9H,1,8,10-13,22-23H2,2H3,(H,25,26)/b20-14+,24-16?. The second-order valence-corrected chi connectivity index (χ2v) is 6.69. The van der Waals surface area contributed by atoms with Crippen molar-refractivity contribution in [2.24, 2.45) is 16.5 Å². The first-order valence-corrected chi connectivity index (χ1v) is 9.33. The number of para-hydroxylation sites is 2. The molecule has 0 aliphatic carbocycles. The van der Waals surface area contributed by atoms with Crippen LogP contribution in [0.2, 0.25) is 0 Å². The van der Waals surface area contributed by atoms with E-state index in [0.717, 1.165) is 22.3 Å². The number of benzene rings is 1. The summed E-state index contributed by atoms with van der Waals surface area (Å²) in [5, 5.41) is 0. The van der Waals surface area contributed by atoms with E-state index in [0.29, 0.717) is 49.7 Å². The number of aliphatic imine (C=N–C) groups is 1. The van der Waals surface area contributed by atoms with E-state index in [1.165, 1.54) is 0 Å². The fourth-order valence-corrected chi connectivity index (χ4v) is 3.17. The molecule has 0 bridgehead atoms. The lowest BCUT2D eigenvalue weighted by Gasteiger charge is -2.26. The van der Waals surface area contributed by atoms with Crippen LogP contribution in [0.1, 0.15) is 25.6 Å². The molecular weight excluding hydrogens is 352 g/mol. The Hall–Kier alpha value is -3.19. The van der Waals surface area contributed by atoms with Crippen molar-refractivity contribution in [3.8, 4) is 0 Å². The van der Waals surface area contributed by atoms with Gasteiger partial charge in [0.2, 0.25) is 5.91 Å². The lowest BCUT2D eigenvalue weighted by Crippen LogP contribution is -2.36. The van der Waals surface area contributed by atoms with Crippen LogP contribution in [-0.4, -0.2) is 46.1 Å². The van der Waals surface area contributed by atoms with Crippen LogP contribution in [0, 0.1) is 0 Å². The number of hydrogen-bond acceptors (Lipinski definition) is 5. The minimum atomic E-state index is 0.0792. The number of amides is 1. The first-order valence-electron chi connectivity index (χ1n) is 9.33. The van der Waals surface area contributed by atoms with Gasteiger partial charge in [0.15, 0.2) is 5.82 Å². The van der Waals surface area contributed by atoms with Crippen molar-refractivity contribution in [1.29, 1.82) is 0 Å². The molecule has 0 unspecified atom stereocenters. The van der Waals surface area contributed by atoms with Crippen molar-refractivity contribution in [1.82, 2.24) is 14.9 Å². The van der Waals surface area contributed by atoms with Crippen LogP contribution in [0.15, 0.2) is 59.3 Å². The van der Waals surface area contributed by atoms with E-state index in [-0.39, 0.29) is 5.91 Å². The van der Waals surface area contributed by atoms with Gasteiger partial charge in [-0.2, -0.15) is 0 Å². The Labute approximate surface area is 164 Å². The predicted octanol–water partition coefficient (Wildman–Crippen LogP) is 2.34. The Morgan fingerprint density at radius 3 is 2.82 bits per heavy atom. The molecule has 0 spiro atoms. The number of nitrogens with zero attached hydrogens (tertiary/aromatic N) is 3. The Bertz CT molecular complexity index is 945. The normalized spacial score (nSPS) is 16.0. The Morgan fingerprint density at radius 1 is 1.43 bits per heavy atom. The van der Waals surface area contributed by atoms with Crippen molar-refractivity contribution in [2.75, 3.05) is 19.6 Å². The maximum atomic E-state index is 12.0. The molecule has 146 valence electrons. The average Bonchev–Trinajstić information content (AvgIpc) is 3.12. The smallest absolute Gasteiger partial charge is 0.224 e. The van der Waals surface area contributed by atoms with Crippen LogP contribution < -0.4 is 11.5 Å². The van der Waals surface area contributed by atoms with Crippen molar-refractivity contribution in [2.45, 2.75) is 19.8 Å². The van der Waals surface area contributed by atoms with E-state index in [1.54, 1.807) is 17.9 Å². The summed E-state index contributed by atoms with van der Waals surface area (Å²) in [5.74, 6) is 0.701. The molecule has 1 aromatic heterocycles. The van der Waals surface area contributed by atoms with E-state index in [9.17, 15) is 4.79 Å². The monoisotopic (exact) mass is 378 g/mol. The molecule has 1 aliphatic heterocycles. The number of hydrogen-bond donors (Lipinski definition) is 3. The summed E-state index contributed by atoms with van der Waals surface area (Å²) in [6.07, 6.45) is 4.81. The highest BCUT2D eigenvalue weighted by Gasteiger charge is 2.19. The fourth-order valence-electron chi connectivity index (χ4n) is 3.17. The molecule has 1 amide bonds. The second kappa shape index (κ2) is 8.67. The summed E-state index contributed by atoms with van der Waals surface area (Å²) < 4.78 is 0. The molecule has 0 saturated heterocycles. The lowest BCUT2D eigenvalue weighted by atomic mass is 10.0. The summed E-state index contributed by atoms with van der Waals surface area (Å²) in [4.78, 5) is 26.4. The van der Waals surface area contributed by atoms with Gasteiger partial charge >= 0.3 is 0 Å². The van der Waals surface area contributed by atoms with E-state index in [2.05, 4.69) is 16.5 Å². The summed E-state index contributed by atoms with van der Waals surface area (Å²) in [5.41, 5.74) is 16.3. The molecule has 3 rings (SSSR count). The number of rotatable bonds is 6. The minimum Gasteiger partial charge on any atom is -0.400 e. The van der Waals surface area contributed by atoms with Gasteiger partial charge < -0.3 is 21.4 Å². The van der Waals surface area contributed by atoms with Crippen LogP contribution in [-0.2, 0) is 4.79 Å². The number of nitrogens with two attached hydrogens (primary N) is 2. The minimum absolute atomic E-state index is 0.0792. The SMILES string of the molecule is C=CC(=N/C(=C(\C)N)c1nc2ccccc2[nH]1)C1=CCN(C(=O)CCN)CC1. The third-order valence-electron chi connectivity index (χ3n) is 4.66. The largest absolute Gasteiger partial charge is 0.400 e. The molecule has 0 radical (unpaired) electrons. The van der Waals surface area contributed by atoms with E-state index in [4.69, 9.17) is 16.5 Å². The van der Waals surface area contributed by atoms with Gasteiger partial charge in [0.05, 0.1) is 16.7 Å². The van der Waals surface area contributed by atoms with Crippen LogP contribution in [0.4, 0.5) is 0 Å². The zero-order valence-corrected chi connectivity index (χ0v) is 16.1. The second-order valence-electron chi connectivity index (χ2n) is 6.69. The molecule has 28 heavy (non-hydrogen) atoms. The molecule has 0 fully saturated rings. The number of imidazole rings is 1. The van der Waals surface area contributed by atoms with Gasteiger partial charge in [-0.05, 0) is 37.1 Å². The van der Waals surface area contributed by atoms with E-state index in [1.807, 2.05) is 30.3 Å². The number of H-pyrrole nitrogens is 1. The molecule has 0 saturated carbocycles. The Morgan fingerprint density at radius 2 is 2.21 bits per heavy atom.